The lowest BCUT2D eigenvalue weighted by atomic mass is 9.97. The van der Waals surface area contributed by atoms with E-state index in [4.69, 9.17) is 0 Å². The predicted molar refractivity (Wildman–Crippen MR) is 81.0 cm³/mol. The molecule has 1 atom stereocenters. The van der Waals surface area contributed by atoms with Gasteiger partial charge in [-0.2, -0.15) is 0 Å². The van der Waals surface area contributed by atoms with Crippen molar-refractivity contribution < 1.29 is 9.59 Å². The number of hydrogen-bond donors (Lipinski definition) is 1. The number of nitrogens with one attached hydrogen (secondary N) is 1. The van der Waals surface area contributed by atoms with Gasteiger partial charge in [0, 0.05) is 18.8 Å². The lowest BCUT2D eigenvalue weighted by Gasteiger charge is -2.32. The zero-order valence-corrected chi connectivity index (χ0v) is 12.3. The SMILES string of the molecule is CN1CC(=O)N(c2cccc(C3CCCCN3)c2)CC1=O. The minimum absolute atomic E-state index is 0.0178. The van der Waals surface area contributed by atoms with Crippen molar-refractivity contribution in [2.24, 2.45) is 0 Å². The van der Waals surface area contributed by atoms with Gasteiger partial charge in [0.05, 0.1) is 6.54 Å². The highest BCUT2D eigenvalue weighted by Crippen LogP contribution is 2.27. The number of rotatable bonds is 2. The van der Waals surface area contributed by atoms with Crippen LogP contribution in [0.5, 0.6) is 0 Å². The van der Waals surface area contributed by atoms with Crippen LogP contribution in [0.15, 0.2) is 24.3 Å². The van der Waals surface area contributed by atoms with Crippen molar-refractivity contribution in [2.75, 3.05) is 31.6 Å². The second kappa shape index (κ2) is 5.85. The molecule has 0 bridgehead atoms. The number of carbonyl (C=O) groups excluding carboxylic acids is 2. The van der Waals surface area contributed by atoms with Crippen LogP contribution in [0.3, 0.4) is 0 Å². The second-order valence-electron chi connectivity index (χ2n) is 5.83. The molecule has 0 aromatic heterocycles. The minimum Gasteiger partial charge on any atom is -0.335 e. The number of piperidine rings is 1. The number of amides is 2. The molecule has 2 aliphatic heterocycles. The summed E-state index contributed by atoms with van der Waals surface area (Å²) in [5.74, 6) is -0.0401. The maximum atomic E-state index is 12.2. The van der Waals surface area contributed by atoms with E-state index < -0.39 is 0 Å². The van der Waals surface area contributed by atoms with Gasteiger partial charge in [-0.15, -0.1) is 0 Å². The lowest BCUT2D eigenvalue weighted by Crippen LogP contribution is -2.52. The first-order valence-electron chi connectivity index (χ1n) is 7.53. The number of benzene rings is 1. The molecule has 0 aliphatic carbocycles. The highest BCUT2D eigenvalue weighted by molar-refractivity contribution is 6.04. The van der Waals surface area contributed by atoms with Crippen molar-refractivity contribution in [2.45, 2.75) is 25.3 Å². The molecule has 1 N–H and O–H groups in total. The Hall–Kier alpha value is -1.88. The van der Waals surface area contributed by atoms with E-state index in [0.717, 1.165) is 18.7 Å². The van der Waals surface area contributed by atoms with Crippen LogP contribution in [0.25, 0.3) is 0 Å². The molecule has 1 unspecified atom stereocenters. The van der Waals surface area contributed by atoms with Crippen molar-refractivity contribution in [3.8, 4) is 0 Å². The fourth-order valence-electron chi connectivity index (χ4n) is 3.00. The van der Waals surface area contributed by atoms with Crippen LogP contribution in [0.2, 0.25) is 0 Å². The quantitative estimate of drug-likeness (QED) is 0.892. The summed E-state index contributed by atoms with van der Waals surface area (Å²) in [6.45, 7) is 1.34. The normalized spacial score (nSPS) is 23.6. The monoisotopic (exact) mass is 287 g/mol. The summed E-state index contributed by atoms with van der Waals surface area (Å²) < 4.78 is 0. The Kier molecular flexibility index (Phi) is 3.92. The van der Waals surface area contributed by atoms with Crippen molar-refractivity contribution in [3.05, 3.63) is 29.8 Å². The molecule has 2 fully saturated rings. The van der Waals surface area contributed by atoms with Gasteiger partial charge in [-0.1, -0.05) is 18.6 Å². The smallest absolute Gasteiger partial charge is 0.247 e. The lowest BCUT2D eigenvalue weighted by molar-refractivity contribution is -0.136. The van der Waals surface area contributed by atoms with Gasteiger partial charge < -0.3 is 15.1 Å². The molecule has 0 radical (unpaired) electrons. The highest BCUT2D eigenvalue weighted by Gasteiger charge is 2.28. The molecular formula is C16H21N3O2. The average molecular weight is 287 g/mol. The number of hydrogen-bond acceptors (Lipinski definition) is 3. The second-order valence-corrected chi connectivity index (χ2v) is 5.83. The molecule has 2 saturated heterocycles. The minimum atomic E-state index is -0.0224. The Labute approximate surface area is 124 Å². The number of likely N-dealkylation sites (N-methyl/N-ethyl adjacent to an activating group) is 1. The van der Waals surface area contributed by atoms with Crippen LogP contribution >= 0.6 is 0 Å². The van der Waals surface area contributed by atoms with Gasteiger partial charge in [-0.25, -0.2) is 0 Å². The topological polar surface area (TPSA) is 52.7 Å². The first-order valence-corrected chi connectivity index (χ1v) is 7.53. The van der Waals surface area contributed by atoms with Gasteiger partial charge >= 0.3 is 0 Å². The Morgan fingerprint density at radius 2 is 2.00 bits per heavy atom. The first kappa shape index (κ1) is 14.1. The molecule has 5 nitrogen and oxygen atoms in total. The summed E-state index contributed by atoms with van der Waals surface area (Å²) in [6, 6.07) is 8.37. The van der Waals surface area contributed by atoms with Gasteiger partial charge in [0.25, 0.3) is 0 Å². The summed E-state index contributed by atoms with van der Waals surface area (Å²) in [4.78, 5) is 27.1. The summed E-state index contributed by atoms with van der Waals surface area (Å²) in [5, 5.41) is 3.51. The van der Waals surface area contributed by atoms with E-state index in [1.54, 1.807) is 11.9 Å². The number of carbonyl (C=O) groups is 2. The van der Waals surface area contributed by atoms with Crippen molar-refractivity contribution in [1.29, 1.82) is 0 Å². The third kappa shape index (κ3) is 2.93. The van der Waals surface area contributed by atoms with Crippen molar-refractivity contribution in [1.82, 2.24) is 10.2 Å². The molecule has 0 spiro atoms. The van der Waals surface area contributed by atoms with Gasteiger partial charge in [0.15, 0.2) is 0 Å². The standard InChI is InChI=1S/C16H21N3O2/c1-18-10-16(21)19(11-15(18)20)13-6-4-5-12(9-13)14-7-2-3-8-17-14/h4-6,9,14,17H,2-3,7-8,10-11H2,1H3. The van der Waals surface area contributed by atoms with E-state index >= 15 is 0 Å². The number of anilines is 1. The Balaban J connectivity index is 1.82. The van der Waals surface area contributed by atoms with Crippen LogP contribution in [0.1, 0.15) is 30.9 Å². The fourth-order valence-corrected chi connectivity index (χ4v) is 3.00. The van der Waals surface area contributed by atoms with E-state index in [-0.39, 0.29) is 24.9 Å². The third-order valence-corrected chi connectivity index (χ3v) is 4.29. The molecule has 1 aromatic carbocycles. The molecule has 1 aromatic rings. The van der Waals surface area contributed by atoms with Gasteiger partial charge in [0.1, 0.15) is 6.54 Å². The summed E-state index contributed by atoms with van der Waals surface area (Å²) >= 11 is 0. The molecule has 0 saturated carbocycles. The molecule has 3 rings (SSSR count). The number of piperazine rings is 1. The van der Waals surface area contributed by atoms with Crippen LogP contribution in [-0.4, -0.2) is 43.4 Å². The Morgan fingerprint density at radius 1 is 1.14 bits per heavy atom. The highest BCUT2D eigenvalue weighted by atomic mass is 16.2. The number of nitrogens with zero attached hydrogens (tertiary/aromatic N) is 2. The zero-order chi connectivity index (χ0) is 14.8. The fraction of sp³-hybridized carbons (Fsp3) is 0.500. The van der Waals surface area contributed by atoms with Gasteiger partial charge in [0.2, 0.25) is 11.8 Å². The molecule has 5 heteroatoms. The molecule has 2 amide bonds. The maximum absolute atomic E-state index is 12.2. The predicted octanol–water partition coefficient (Wildman–Crippen LogP) is 1.31. The van der Waals surface area contributed by atoms with E-state index in [1.807, 2.05) is 18.2 Å². The van der Waals surface area contributed by atoms with Crippen LogP contribution in [0, 0.1) is 0 Å². The van der Waals surface area contributed by atoms with Gasteiger partial charge in [-0.3, -0.25) is 9.59 Å². The van der Waals surface area contributed by atoms with Crippen LogP contribution < -0.4 is 10.2 Å². The van der Waals surface area contributed by atoms with Gasteiger partial charge in [-0.05, 0) is 37.1 Å². The maximum Gasteiger partial charge on any atom is 0.247 e. The van der Waals surface area contributed by atoms with E-state index in [9.17, 15) is 9.59 Å². The summed E-state index contributed by atoms with van der Waals surface area (Å²) in [7, 11) is 1.67. The summed E-state index contributed by atoms with van der Waals surface area (Å²) in [6.07, 6.45) is 3.58. The van der Waals surface area contributed by atoms with Crippen molar-refractivity contribution >= 4 is 17.5 Å². The Bertz CT molecular complexity index is 552. The molecule has 21 heavy (non-hydrogen) atoms. The zero-order valence-electron chi connectivity index (χ0n) is 12.3. The van der Waals surface area contributed by atoms with E-state index in [0.29, 0.717) is 6.04 Å². The Morgan fingerprint density at radius 3 is 2.76 bits per heavy atom. The molecule has 2 heterocycles. The van der Waals surface area contributed by atoms with E-state index in [1.165, 1.54) is 23.3 Å². The largest absolute Gasteiger partial charge is 0.335 e. The van der Waals surface area contributed by atoms with Crippen LogP contribution in [-0.2, 0) is 9.59 Å². The molecule has 2 aliphatic rings. The van der Waals surface area contributed by atoms with E-state index in [2.05, 4.69) is 11.4 Å². The average Bonchev–Trinajstić information content (AvgIpc) is 2.52. The summed E-state index contributed by atoms with van der Waals surface area (Å²) in [5.41, 5.74) is 2.03. The van der Waals surface area contributed by atoms with Crippen molar-refractivity contribution in [3.63, 3.8) is 0 Å². The first-order chi connectivity index (χ1) is 10.1. The van der Waals surface area contributed by atoms with Crippen LogP contribution in [0.4, 0.5) is 5.69 Å². The molecular weight excluding hydrogens is 266 g/mol. The molecule has 112 valence electrons. The third-order valence-electron chi connectivity index (χ3n) is 4.29.